The monoisotopic (exact) mass is 408 g/mol. The quantitative estimate of drug-likeness (QED) is 0.714. The van der Waals surface area contributed by atoms with Crippen LogP contribution >= 0.6 is 0 Å². The summed E-state index contributed by atoms with van der Waals surface area (Å²) in [5, 5.41) is 3.12. The van der Waals surface area contributed by atoms with Gasteiger partial charge in [-0.25, -0.2) is 0 Å². The van der Waals surface area contributed by atoms with E-state index in [2.05, 4.69) is 5.32 Å². The molecule has 160 valence electrons. The first-order valence-electron chi connectivity index (χ1n) is 10.8. The fourth-order valence-electron chi connectivity index (χ4n) is 3.89. The second-order valence-corrected chi connectivity index (χ2v) is 8.17. The van der Waals surface area contributed by atoms with Crippen LogP contribution in [0.25, 0.3) is 0 Å². The number of carbonyl (C=O) groups excluding carboxylic acids is 2. The van der Waals surface area contributed by atoms with Crippen molar-refractivity contribution in [2.45, 2.75) is 65.1 Å². The van der Waals surface area contributed by atoms with Crippen molar-refractivity contribution in [1.29, 1.82) is 0 Å². The molecule has 0 saturated heterocycles. The molecule has 5 heteroatoms. The van der Waals surface area contributed by atoms with Gasteiger partial charge in [0.15, 0.2) is 6.61 Å². The predicted molar refractivity (Wildman–Crippen MR) is 118 cm³/mol. The molecule has 1 unspecified atom stereocenters. The summed E-state index contributed by atoms with van der Waals surface area (Å²) in [4.78, 5) is 27.7. The third-order valence-electron chi connectivity index (χ3n) is 5.92. The van der Waals surface area contributed by atoms with E-state index in [1.165, 1.54) is 0 Å². The molecule has 2 amide bonds. The van der Waals surface area contributed by atoms with Gasteiger partial charge in [-0.15, -0.1) is 0 Å². The Hall–Kier alpha value is -2.82. The highest BCUT2D eigenvalue weighted by Gasteiger charge is 2.29. The lowest BCUT2D eigenvalue weighted by atomic mass is 10.1. The van der Waals surface area contributed by atoms with Crippen molar-refractivity contribution in [3.8, 4) is 5.75 Å². The molecule has 1 fully saturated rings. The molecule has 1 aliphatic rings. The summed E-state index contributed by atoms with van der Waals surface area (Å²) in [7, 11) is 0. The number of para-hydroxylation sites is 1. The van der Waals surface area contributed by atoms with Crippen molar-refractivity contribution in [3.05, 3.63) is 65.2 Å². The number of ether oxygens (including phenoxy) is 1. The highest BCUT2D eigenvalue weighted by Crippen LogP contribution is 2.20. The van der Waals surface area contributed by atoms with Crippen LogP contribution in [-0.2, 0) is 16.1 Å². The zero-order chi connectivity index (χ0) is 21.5. The van der Waals surface area contributed by atoms with Gasteiger partial charge in [-0.1, -0.05) is 55.3 Å². The third-order valence-corrected chi connectivity index (χ3v) is 5.92. The lowest BCUT2D eigenvalue weighted by molar-refractivity contribution is -0.142. The molecule has 0 spiro atoms. The number of carbonyl (C=O) groups is 2. The molecule has 1 atom stereocenters. The Morgan fingerprint density at radius 2 is 1.67 bits per heavy atom. The first-order chi connectivity index (χ1) is 14.5. The number of hydrogen-bond acceptors (Lipinski definition) is 3. The molecular weight excluding hydrogens is 376 g/mol. The first-order valence-corrected chi connectivity index (χ1v) is 10.8. The maximum absolute atomic E-state index is 13.1. The van der Waals surface area contributed by atoms with Crippen LogP contribution < -0.4 is 10.1 Å². The Morgan fingerprint density at radius 1 is 1.03 bits per heavy atom. The van der Waals surface area contributed by atoms with Gasteiger partial charge in [-0.3, -0.25) is 9.59 Å². The standard InChI is InChI=1S/C25H32N2O3/c1-18-10-4-6-12-21(18)16-27(20(3)25(29)26-22-13-7-8-14-22)24(28)17-30-23-15-9-5-11-19(23)2/h4-6,9-12,15,20,22H,7-8,13-14,16-17H2,1-3H3,(H,26,29). The molecule has 1 N–H and O–H groups in total. The van der Waals surface area contributed by atoms with Gasteiger partial charge in [0.1, 0.15) is 11.8 Å². The molecule has 1 aliphatic carbocycles. The molecular formula is C25H32N2O3. The van der Waals surface area contributed by atoms with E-state index in [0.717, 1.165) is 42.4 Å². The van der Waals surface area contributed by atoms with Crippen LogP contribution in [0.15, 0.2) is 48.5 Å². The van der Waals surface area contributed by atoms with Crippen LogP contribution in [0.2, 0.25) is 0 Å². The second kappa shape index (κ2) is 10.3. The number of nitrogens with zero attached hydrogens (tertiary/aromatic N) is 1. The van der Waals surface area contributed by atoms with Crippen molar-refractivity contribution in [3.63, 3.8) is 0 Å². The number of hydrogen-bond donors (Lipinski definition) is 1. The van der Waals surface area contributed by atoms with Gasteiger partial charge in [-0.05, 0) is 56.4 Å². The van der Waals surface area contributed by atoms with E-state index >= 15 is 0 Å². The number of rotatable bonds is 8. The van der Waals surface area contributed by atoms with Gasteiger partial charge < -0.3 is 15.0 Å². The van der Waals surface area contributed by atoms with E-state index in [0.29, 0.717) is 12.3 Å². The highest BCUT2D eigenvalue weighted by molar-refractivity contribution is 5.88. The fourth-order valence-corrected chi connectivity index (χ4v) is 3.89. The van der Waals surface area contributed by atoms with E-state index in [-0.39, 0.29) is 24.5 Å². The molecule has 3 rings (SSSR count). The molecule has 0 aromatic heterocycles. The maximum Gasteiger partial charge on any atom is 0.261 e. The number of amides is 2. The predicted octanol–water partition coefficient (Wildman–Crippen LogP) is 4.16. The number of nitrogens with one attached hydrogen (secondary N) is 1. The molecule has 2 aromatic rings. The SMILES string of the molecule is Cc1ccccc1CN(C(=O)COc1ccccc1C)C(C)C(=O)NC1CCCC1. The summed E-state index contributed by atoms with van der Waals surface area (Å²) in [5.41, 5.74) is 3.10. The summed E-state index contributed by atoms with van der Waals surface area (Å²) >= 11 is 0. The second-order valence-electron chi connectivity index (χ2n) is 8.17. The summed E-state index contributed by atoms with van der Waals surface area (Å²) in [6.45, 7) is 6.04. The topological polar surface area (TPSA) is 58.6 Å². The summed E-state index contributed by atoms with van der Waals surface area (Å²) < 4.78 is 5.79. The van der Waals surface area contributed by atoms with Gasteiger partial charge in [0, 0.05) is 12.6 Å². The van der Waals surface area contributed by atoms with Gasteiger partial charge >= 0.3 is 0 Å². The molecule has 1 saturated carbocycles. The molecule has 0 bridgehead atoms. The van der Waals surface area contributed by atoms with Crippen LogP contribution in [0, 0.1) is 13.8 Å². The Kier molecular flexibility index (Phi) is 7.50. The Balaban J connectivity index is 1.73. The maximum atomic E-state index is 13.1. The Bertz CT molecular complexity index is 874. The smallest absolute Gasteiger partial charge is 0.261 e. The van der Waals surface area contributed by atoms with Gasteiger partial charge in [0.05, 0.1) is 0 Å². The minimum atomic E-state index is -0.571. The summed E-state index contributed by atoms with van der Waals surface area (Å²) in [5.74, 6) is 0.389. The molecule has 30 heavy (non-hydrogen) atoms. The zero-order valence-corrected chi connectivity index (χ0v) is 18.2. The van der Waals surface area contributed by atoms with Crippen molar-refractivity contribution in [1.82, 2.24) is 10.2 Å². The van der Waals surface area contributed by atoms with Crippen LogP contribution in [0.4, 0.5) is 0 Å². The van der Waals surface area contributed by atoms with Crippen LogP contribution in [0.1, 0.15) is 49.3 Å². The summed E-state index contributed by atoms with van der Waals surface area (Å²) in [6.07, 6.45) is 4.33. The zero-order valence-electron chi connectivity index (χ0n) is 18.2. The fraction of sp³-hybridized carbons (Fsp3) is 0.440. The lowest BCUT2D eigenvalue weighted by Crippen LogP contribution is -2.50. The van der Waals surface area contributed by atoms with Gasteiger partial charge in [0.25, 0.3) is 5.91 Å². The van der Waals surface area contributed by atoms with Crippen molar-refractivity contribution < 1.29 is 14.3 Å². The van der Waals surface area contributed by atoms with Crippen molar-refractivity contribution >= 4 is 11.8 Å². The average molecular weight is 409 g/mol. The first kappa shape index (κ1) is 21.9. The normalized spacial score (nSPS) is 14.9. The number of benzene rings is 2. The largest absolute Gasteiger partial charge is 0.484 e. The molecule has 0 aliphatic heterocycles. The van der Waals surface area contributed by atoms with E-state index < -0.39 is 6.04 Å². The minimum absolute atomic E-state index is 0.0975. The molecule has 2 aromatic carbocycles. The van der Waals surface area contributed by atoms with E-state index in [9.17, 15) is 9.59 Å². The molecule has 0 heterocycles. The lowest BCUT2D eigenvalue weighted by Gasteiger charge is -2.30. The van der Waals surface area contributed by atoms with Crippen molar-refractivity contribution in [2.24, 2.45) is 0 Å². The van der Waals surface area contributed by atoms with Gasteiger partial charge in [0.2, 0.25) is 5.91 Å². The van der Waals surface area contributed by atoms with E-state index in [1.807, 2.05) is 62.4 Å². The minimum Gasteiger partial charge on any atom is -0.484 e. The highest BCUT2D eigenvalue weighted by atomic mass is 16.5. The third kappa shape index (κ3) is 5.62. The van der Waals surface area contributed by atoms with E-state index in [4.69, 9.17) is 4.74 Å². The van der Waals surface area contributed by atoms with Crippen LogP contribution in [0.3, 0.4) is 0 Å². The van der Waals surface area contributed by atoms with Crippen LogP contribution in [-0.4, -0.2) is 35.4 Å². The number of aryl methyl sites for hydroxylation is 2. The molecule has 0 radical (unpaired) electrons. The molecule has 5 nitrogen and oxygen atoms in total. The Morgan fingerprint density at radius 3 is 2.33 bits per heavy atom. The van der Waals surface area contributed by atoms with Crippen LogP contribution in [0.5, 0.6) is 5.75 Å². The van der Waals surface area contributed by atoms with E-state index in [1.54, 1.807) is 11.8 Å². The summed E-state index contributed by atoms with van der Waals surface area (Å²) in [6, 6.07) is 15.2. The van der Waals surface area contributed by atoms with Gasteiger partial charge in [-0.2, -0.15) is 0 Å². The average Bonchev–Trinajstić information content (AvgIpc) is 3.25. The Labute approximate surface area is 179 Å². The van der Waals surface area contributed by atoms with Crippen molar-refractivity contribution in [2.75, 3.05) is 6.61 Å².